The highest BCUT2D eigenvalue weighted by atomic mass is 35.5. The highest BCUT2D eigenvalue weighted by Crippen LogP contribution is 2.33. The van der Waals surface area contributed by atoms with Gasteiger partial charge in [-0.3, -0.25) is 0 Å². The van der Waals surface area contributed by atoms with E-state index in [9.17, 15) is 5.26 Å². The Bertz CT molecular complexity index is 637. The molecule has 0 fully saturated rings. The SMILES string of the molecule is CCNCc1ccc(Sc2ncccc2Cl)c(C#N)c1. The van der Waals surface area contributed by atoms with E-state index in [1.807, 2.05) is 18.2 Å². The van der Waals surface area contributed by atoms with Gasteiger partial charge in [0.15, 0.2) is 0 Å². The van der Waals surface area contributed by atoms with Crippen LogP contribution in [0, 0.1) is 11.3 Å². The van der Waals surface area contributed by atoms with Gasteiger partial charge in [0.2, 0.25) is 0 Å². The quantitative estimate of drug-likeness (QED) is 0.911. The molecule has 0 amide bonds. The van der Waals surface area contributed by atoms with E-state index in [1.54, 1.807) is 18.3 Å². The van der Waals surface area contributed by atoms with Crippen molar-refractivity contribution in [1.29, 1.82) is 5.26 Å². The molecule has 0 saturated heterocycles. The van der Waals surface area contributed by atoms with Crippen LogP contribution in [0.4, 0.5) is 0 Å². The number of halogens is 1. The molecule has 1 aromatic carbocycles. The van der Waals surface area contributed by atoms with Crippen LogP contribution in [0.1, 0.15) is 18.1 Å². The van der Waals surface area contributed by atoms with E-state index in [4.69, 9.17) is 11.6 Å². The lowest BCUT2D eigenvalue weighted by atomic mass is 10.1. The Morgan fingerprint density at radius 2 is 2.25 bits per heavy atom. The summed E-state index contributed by atoms with van der Waals surface area (Å²) in [5.41, 5.74) is 1.74. The van der Waals surface area contributed by atoms with Crippen LogP contribution in [-0.4, -0.2) is 11.5 Å². The van der Waals surface area contributed by atoms with Crippen molar-refractivity contribution in [2.24, 2.45) is 0 Å². The monoisotopic (exact) mass is 303 g/mol. The highest BCUT2D eigenvalue weighted by Gasteiger charge is 2.09. The minimum absolute atomic E-state index is 0.595. The standard InChI is InChI=1S/C15H14ClN3S/c1-2-18-10-11-5-6-14(12(8-11)9-17)20-15-13(16)4-3-7-19-15/h3-8,18H,2,10H2,1H3. The first-order chi connectivity index (χ1) is 9.74. The maximum Gasteiger partial charge on any atom is 0.119 e. The molecule has 0 radical (unpaired) electrons. The average Bonchev–Trinajstić information content (AvgIpc) is 2.48. The summed E-state index contributed by atoms with van der Waals surface area (Å²) < 4.78 is 0. The Balaban J connectivity index is 2.24. The van der Waals surface area contributed by atoms with Crippen molar-refractivity contribution in [3.05, 3.63) is 52.7 Å². The van der Waals surface area contributed by atoms with Crippen LogP contribution in [0.5, 0.6) is 0 Å². The first kappa shape index (κ1) is 14.9. The highest BCUT2D eigenvalue weighted by molar-refractivity contribution is 7.99. The molecule has 0 bridgehead atoms. The molecule has 0 aliphatic heterocycles. The fraction of sp³-hybridized carbons (Fsp3) is 0.200. The van der Waals surface area contributed by atoms with Crippen LogP contribution in [0.15, 0.2) is 46.5 Å². The second-order valence-electron chi connectivity index (χ2n) is 4.12. The van der Waals surface area contributed by atoms with Gasteiger partial charge in [-0.05, 0) is 36.4 Å². The van der Waals surface area contributed by atoms with Crippen molar-refractivity contribution in [2.45, 2.75) is 23.4 Å². The van der Waals surface area contributed by atoms with Gasteiger partial charge in [-0.25, -0.2) is 4.98 Å². The third-order valence-corrected chi connectivity index (χ3v) is 4.19. The van der Waals surface area contributed by atoms with E-state index >= 15 is 0 Å². The molecule has 1 N–H and O–H groups in total. The molecule has 3 nitrogen and oxygen atoms in total. The number of rotatable bonds is 5. The number of nitrogens with zero attached hydrogens (tertiary/aromatic N) is 2. The summed E-state index contributed by atoms with van der Waals surface area (Å²) in [4.78, 5) is 5.10. The van der Waals surface area contributed by atoms with Gasteiger partial charge in [0.05, 0.1) is 10.6 Å². The molecule has 0 atom stereocenters. The van der Waals surface area contributed by atoms with Gasteiger partial charge in [-0.1, -0.05) is 36.4 Å². The first-order valence-corrected chi connectivity index (χ1v) is 7.46. The molecule has 2 rings (SSSR count). The number of benzene rings is 1. The Morgan fingerprint density at radius 1 is 1.40 bits per heavy atom. The van der Waals surface area contributed by atoms with Gasteiger partial charge < -0.3 is 5.32 Å². The Kier molecular flexibility index (Phi) is 5.42. The molecule has 1 aromatic heterocycles. The lowest BCUT2D eigenvalue weighted by Gasteiger charge is -2.07. The predicted octanol–water partition coefficient (Wildman–Crippen LogP) is 3.87. The molecule has 0 spiro atoms. The van der Waals surface area contributed by atoms with Crippen LogP contribution in [0.25, 0.3) is 0 Å². The number of hydrogen-bond acceptors (Lipinski definition) is 4. The topological polar surface area (TPSA) is 48.7 Å². The minimum Gasteiger partial charge on any atom is -0.313 e. The van der Waals surface area contributed by atoms with Crippen LogP contribution in [0.2, 0.25) is 5.02 Å². The van der Waals surface area contributed by atoms with Crippen LogP contribution in [-0.2, 0) is 6.54 Å². The summed E-state index contributed by atoms with van der Waals surface area (Å²) in [6, 6.07) is 11.7. The lowest BCUT2D eigenvalue weighted by molar-refractivity contribution is 0.726. The summed E-state index contributed by atoms with van der Waals surface area (Å²) in [6.07, 6.45) is 1.69. The van der Waals surface area contributed by atoms with Crippen LogP contribution >= 0.6 is 23.4 Å². The third kappa shape index (κ3) is 3.73. The summed E-state index contributed by atoms with van der Waals surface area (Å²) in [7, 11) is 0. The fourth-order valence-corrected chi connectivity index (χ4v) is 2.76. The predicted molar refractivity (Wildman–Crippen MR) is 81.9 cm³/mol. The molecule has 0 aliphatic carbocycles. The van der Waals surface area contributed by atoms with Gasteiger partial charge in [0, 0.05) is 17.6 Å². The van der Waals surface area contributed by atoms with Crippen molar-refractivity contribution < 1.29 is 0 Å². The van der Waals surface area contributed by atoms with Crippen molar-refractivity contribution in [2.75, 3.05) is 6.54 Å². The molecule has 2 aromatic rings. The molecule has 5 heteroatoms. The first-order valence-electron chi connectivity index (χ1n) is 6.26. The average molecular weight is 304 g/mol. The van der Waals surface area contributed by atoms with Gasteiger partial charge in [-0.15, -0.1) is 0 Å². The second kappa shape index (κ2) is 7.30. The van der Waals surface area contributed by atoms with Crippen molar-refractivity contribution >= 4 is 23.4 Å². The normalized spacial score (nSPS) is 10.2. The molecular formula is C15H14ClN3S. The zero-order valence-electron chi connectivity index (χ0n) is 11.1. The fourth-order valence-electron chi connectivity index (χ4n) is 1.68. The zero-order valence-corrected chi connectivity index (χ0v) is 12.6. The maximum atomic E-state index is 9.28. The summed E-state index contributed by atoms with van der Waals surface area (Å²) in [5, 5.41) is 13.8. The molecular weight excluding hydrogens is 290 g/mol. The van der Waals surface area contributed by atoms with E-state index in [0.29, 0.717) is 15.6 Å². The zero-order chi connectivity index (χ0) is 14.4. The van der Waals surface area contributed by atoms with Gasteiger partial charge in [-0.2, -0.15) is 5.26 Å². The lowest BCUT2D eigenvalue weighted by Crippen LogP contribution is -2.11. The minimum atomic E-state index is 0.595. The molecule has 102 valence electrons. The summed E-state index contributed by atoms with van der Waals surface area (Å²) in [5.74, 6) is 0. The second-order valence-corrected chi connectivity index (χ2v) is 5.55. The number of hydrogen-bond donors (Lipinski definition) is 1. The Morgan fingerprint density at radius 3 is 2.95 bits per heavy atom. The number of nitrogens with one attached hydrogen (secondary N) is 1. The molecule has 20 heavy (non-hydrogen) atoms. The molecule has 0 aliphatic rings. The van der Waals surface area contributed by atoms with Crippen LogP contribution < -0.4 is 5.32 Å². The van der Waals surface area contributed by atoms with E-state index in [2.05, 4.69) is 23.3 Å². The van der Waals surface area contributed by atoms with Crippen LogP contribution in [0.3, 0.4) is 0 Å². The molecule has 0 saturated carbocycles. The molecule has 0 unspecified atom stereocenters. The van der Waals surface area contributed by atoms with Crippen molar-refractivity contribution in [3.63, 3.8) is 0 Å². The summed E-state index contributed by atoms with van der Waals surface area (Å²) in [6.45, 7) is 3.72. The number of nitriles is 1. The Labute approximate surface area is 128 Å². The van der Waals surface area contributed by atoms with E-state index < -0.39 is 0 Å². The van der Waals surface area contributed by atoms with E-state index in [-0.39, 0.29) is 0 Å². The van der Waals surface area contributed by atoms with Gasteiger partial charge >= 0.3 is 0 Å². The van der Waals surface area contributed by atoms with Gasteiger partial charge in [0.25, 0.3) is 0 Å². The Hall–Kier alpha value is -1.54. The number of pyridine rings is 1. The number of aromatic nitrogens is 1. The van der Waals surface area contributed by atoms with Gasteiger partial charge in [0.1, 0.15) is 11.1 Å². The molecule has 1 heterocycles. The third-order valence-electron chi connectivity index (χ3n) is 2.67. The van der Waals surface area contributed by atoms with E-state index in [1.165, 1.54) is 11.8 Å². The van der Waals surface area contributed by atoms with E-state index in [0.717, 1.165) is 23.5 Å². The summed E-state index contributed by atoms with van der Waals surface area (Å²) >= 11 is 7.51. The maximum absolute atomic E-state index is 9.28. The smallest absolute Gasteiger partial charge is 0.119 e. The van der Waals surface area contributed by atoms with Crippen molar-refractivity contribution in [3.8, 4) is 6.07 Å². The largest absolute Gasteiger partial charge is 0.313 e. The van der Waals surface area contributed by atoms with Crippen molar-refractivity contribution in [1.82, 2.24) is 10.3 Å².